The summed E-state index contributed by atoms with van der Waals surface area (Å²) in [4.78, 5) is 12.7. The Bertz CT molecular complexity index is 1010. The Kier molecular flexibility index (Phi) is 6.24. The van der Waals surface area contributed by atoms with Crippen LogP contribution in [0.3, 0.4) is 0 Å². The molecule has 29 heavy (non-hydrogen) atoms. The van der Waals surface area contributed by atoms with Gasteiger partial charge in [0.2, 0.25) is 0 Å². The van der Waals surface area contributed by atoms with E-state index in [2.05, 4.69) is 15.0 Å². The van der Waals surface area contributed by atoms with Gasteiger partial charge in [0, 0.05) is 41.9 Å². The highest BCUT2D eigenvalue weighted by atomic mass is 35.5. The van der Waals surface area contributed by atoms with Crippen molar-refractivity contribution in [3.8, 4) is 5.75 Å². The average Bonchev–Trinajstić information content (AvgIpc) is 2.65. The monoisotopic (exact) mass is 424 g/mol. The van der Waals surface area contributed by atoms with E-state index in [1.165, 1.54) is 6.07 Å². The molecule has 2 heterocycles. The zero-order valence-corrected chi connectivity index (χ0v) is 16.6. The minimum Gasteiger partial charge on any atom is -0.490 e. The van der Waals surface area contributed by atoms with Gasteiger partial charge in [-0.05, 0) is 26.3 Å². The zero-order chi connectivity index (χ0) is 21.2. The van der Waals surface area contributed by atoms with Gasteiger partial charge in [0.25, 0.3) is 0 Å². The highest BCUT2D eigenvalue weighted by molar-refractivity contribution is 6.29. The van der Waals surface area contributed by atoms with Crippen LogP contribution in [0, 0.1) is 0 Å². The summed E-state index contributed by atoms with van der Waals surface area (Å²) in [6.07, 6.45) is -0.963. The van der Waals surface area contributed by atoms with E-state index in [-0.39, 0.29) is 5.75 Å². The Morgan fingerprint density at radius 1 is 1.17 bits per heavy atom. The molecular formula is C20H20ClF3N4O. The van der Waals surface area contributed by atoms with E-state index in [0.717, 1.165) is 11.5 Å². The molecular weight excluding hydrogens is 405 g/mol. The van der Waals surface area contributed by atoms with E-state index < -0.39 is 23.9 Å². The van der Waals surface area contributed by atoms with Crippen molar-refractivity contribution in [2.45, 2.75) is 45.0 Å². The lowest BCUT2D eigenvalue weighted by Gasteiger charge is -2.22. The third-order valence-electron chi connectivity index (χ3n) is 4.42. The predicted octanol–water partition coefficient (Wildman–Crippen LogP) is 5.12. The number of para-hydroxylation sites is 1. The van der Waals surface area contributed by atoms with E-state index in [0.29, 0.717) is 34.9 Å². The predicted molar refractivity (Wildman–Crippen MR) is 105 cm³/mol. The molecule has 0 aliphatic heterocycles. The van der Waals surface area contributed by atoms with Crippen molar-refractivity contribution in [3.63, 3.8) is 0 Å². The van der Waals surface area contributed by atoms with Crippen molar-refractivity contribution in [1.29, 1.82) is 0 Å². The molecule has 0 fully saturated rings. The van der Waals surface area contributed by atoms with Crippen LogP contribution >= 0.6 is 11.6 Å². The number of halogens is 4. The standard InChI is InChI=1S/C20H20ClF3N4O/c1-11(6-7-18-27-10-13-9-26-17(21)8-16(13)28-18)29-19-14(12(2)25)4-3-5-15(19)20(22,23)24/h3-5,8-12H,6-7,25H2,1-2H3/t11-,12+/m0/s1. The first kappa shape index (κ1) is 21.3. The minimum atomic E-state index is -4.53. The van der Waals surface area contributed by atoms with Crippen LogP contribution in [0.4, 0.5) is 13.2 Å². The fourth-order valence-electron chi connectivity index (χ4n) is 2.92. The number of aromatic nitrogens is 3. The third kappa shape index (κ3) is 5.13. The second-order valence-corrected chi connectivity index (χ2v) is 7.22. The smallest absolute Gasteiger partial charge is 0.419 e. The molecule has 5 nitrogen and oxygen atoms in total. The van der Waals surface area contributed by atoms with E-state index in [1.54, 1.807) is 38.4 Å². The number of alkyl halides is 3. The number of rotatable bonds is 6. The maximum Gasteiger partial charge on any atom is 0.419 e. The largest absolute Gasteiger partial charge is 0.490 e. The van der Waals surface area contributed by atoms with Crippen LogP contribution in [0.25, 0.3) is 10.9 Å². The number of hydrogen-bond donors (Lipinski definition) is 1. The molecule has 0 amide bonds. The Morgan fingerprint density at radius 3 is 2.59 bits per heavy atom. The van der Waals surface area contributed by atoms with Crippen molar-refractivity contribution in [2.24, 2.45) is 5.73 Å². The van der Waals surface area contributed by atoms with Gasteiger partial charge in [0.05, 0.1) is 17.2 Å². The molecule has 0 aliphatic rings. The highest BCUT2D eigenvalue weighted by Gasteiger charge is 2.36. The highest BCUT2D eigenvalue weighted by Crippen LogP contribution is 2.40. The van der Waals surface area contributed by atoms with Gasteiger partial charge in [0.1, 0.15) is 16.7 Å². The lowest BCUT2D eigenvalue weighted by molar-refractivity contribution is -0.139. The molecule has 0 radical (unpaired) electrons. The normalized spacial score (nSPS) is 14.0. The first-order valence-electron chi connectivity index (χ1n) is 9.04. The summed E-state index contributed by atoms with van der Waals surface area (Å²) in [5, 5.41) is 1.08. The molecule has 0 bridgehead atoms. The molecule has 0 aliphatic carbocycles. The Labute approximate surface area is 171 Å². The van der Waals surface area contributed by atoms with Gasteiger partial charge in [-0.15, -0.1) is 0 Å². The second kappa shape index (κ2) is 8.51. The van der Waals surface area contributed by atoms with Crippen LogP contribution in [0.15, 0.2) is 36.7 Å². The number of nitrogens with two attached hydrogens (primary N) is 1. The summed E-state index contributed by atoms with van der Waals surface area (Å²) >= 11 is 5.89. The number of pyridine rings is 1. The van der Waals surface area contributed by atoms with Crippen LogP contribution in [0.2, 0.25) is 5.15 Å². The lowest BCUT2D eigenvalue weighted by atomic mass is 10.0. The minimum absolute atomic E-state index is 0.222. The SMILES string of the molecule is C[C@@H](CCc1ncc2cnc(Cl)cc2n1)Oc1c([C@@H](C)N)cccc1C(F)(F)F. The number of ether oxygens (including phenoxy) is 1. The maximum absolute atomic E-state index is 13.4. The van der Waals surface area contributed by atoms with Crippen LogP contribution in [0.5, 0.6) is 5.75 Å². The molecule has 0 unspecified atom stereocenters. The Hall–Kier alpha value is -2.45. The number of aryl methyl sites for hydroxylation is 1. The van der Waals surface area contributed by atoms with Crippen molar-refractivity contribution in [3.05, 3.63) is 58.8 Å². The lowest BCUT2D eigenvalue weighted by Crippen LogP contribution is -2.20. The molecule has 0 saturated heterocycles. The number of hydrogen-bond acceptors (Lipinski definition) is 5. The number of fused-ring (bicyclic) bond motifs is 1. The van der Waals surface area contributed by atoms with E-state index >= 15 is 0 Å². The van der Waals surface area contributed by atoms with Crippen LogP contribution in [-0.2, 0) is 12.6 Å². The maximum atomic E-state index is 13.4. The molecule has 0 spiro atoms. The van der Waals surface area contributed by atoms with Gasteiger partial charge < -0.3 is 10.5 Å². The summed E-state index contributed by atoms with van der Waals surface area (Å²) in [5.74, 6) is 0.325. The molecule has 0 saturated carbocycles. The average molecular weight is 425 g/mol. The van der Waals surface area contributed by atoms with Crippen molar-refractivity contribution >= 4 is 22.5 Å². The molecule has 3 rings (SSSR count). The van der Waals surface area contributed by atoms with Crippen LogP contribution in [-0.4, -0.2) is 21.1 Å². The quantitative estimate of drug-likeness (QED) is 0.556. The Balaban J connectivity index is 1.76. The molecule has 2 aromatic heterocycles. The summed E-state index contributed by atoms with van der Waals surface area (Å²) < 4.78 is 46.0. The fourth-order valence-corrected chi connectivity index (χ4v) is 3.07. The first-order valence-corrected chi connectivity index (χ1v) is 9.42. The fraction of sp³-hybridized carbons (Fsp3) is 0.350. The van der Waals surface area contributed by atoms with Gasteiger partial charge in [0.15, 0.2) is 0 Å². The molecule has 9 heteroatoms. The van der Waals surface area contributed by atoms with Crippen LogP contribution in [0.1, 0.15) is 43.3 Å². The van der Waals surface area contributed by atoms with Crippen molar-refractivity contribution < 1.29 is 17.9 Å². The van der Waals surface area contributed by atoms with E-state index in [9.17, 15) is 13.2 Å². The van der Waals surface area contributed by atoms with Gasteiger partial charge in [-0.1, -0.05) is 23.7 Å². The van der Waals surface area contributed by atoms with Crippen LogP contribution < -0.4 is 10.5 Å². The third-order valence-corrected chi connectivity index (χ3v) is 4.62. The molecule has 154 valence electrons. The van der Waals surface area contributed by atoms with Crippen molar-refractivity contribution in [1.82, 2.24) is 15.0 Å². The van der Waals surface area contributed by atoms with Gasteiger partial charge in [-0.2, -0.15) is 13.2 Å². The molecule has 2 atom stereocenters. The molecule has 2 N–H and O–H groups in total. The molecule has 1 aromatic carbocycles. The number of nitrogens with zero attached hydrogens (tertiary/aromatic N) is 3. The summed E-state index contributed by atoms with van der Waals surface area (Å²) in [6, 6.07) is 4.92. The summed E-state index contributed by atoms with van der Waals surface area (Å²) in [7, 11) is 0. The first-order chi connectivity index (χ1) is 13.6. The van der Waals surface area contributed by atoms with Gasteiger partial charge in [-0.3, -0.25) is 0 Å². The second-order valence-electron chi connectivity index (χ2n) is 6.83. The van der Waals surface area contributed by atoms with Crippen molar-refractivity contribution in [2.75, 3.05) is 0 Å². The Morgan fingerprint density at radius 2 is 1.90 bits per heavy atom. The van der Waals surface area contributed by atoms with E-state index in [1.807, 2.05) is 0 Å². The molecule has 3 aromatic rings. The topological polar surface area (TPSA) is 73.9 Å². The summed E-state index contributed by atoms with van der Waals surface area (Å²) in [6.45, 7) is 3.33. The van der Waals surface area contributed by atoms with Gasteiger partial charge in [-0.25, -0.2) is 15.0 Å². The van der Waals surface area contributed by atoms with E-state index in [4.69, 9.17) is 22.1 Å². The number of benzene rings is 1. The summed E-state index contributed by atoms with van der Waals surface area (Å²) in [5.41, 5.74) is 5.99. The van der Waals surface area contributed by atoms with Gasteiger partial charge >= 0.3 is 6.18 Å². The zero-order valence-electron chi connectivity index (χ0n) is 15.9.